The minimum absolute atomic E-state index is 0.0562. The van der Waals surface area contributed by atoms with Gasteiger partial charge in [0.2, 0.25) is 0 Å². The van der Waals surface area contributed by atoms with E-state index < -0.39 is 17.2 Å². The first-order valence-corrected chi connectivity index (χ1v) is 8.10. The Morgan fingerprint density at radius 3 is 1.52 bits per heavy atom. The number of anilines is 2. The molecule has 8 heteroatoms. The molecule has 0 unspecified atom stereocenters. The first kappa shape index (κ1) is 16.1. The average molecular weight is 379 g/mol. The number of halogens is 2. The molecular formula is C17H12Cl2N2O4. The number of hydrogen-bond acceptors (Lipinski definition) is 4. The quantitative estimate of drug-likeness (QED) is 0.690. The third kappa shape index (κ3) is 1.61. The number of benzene rings is 2. The lowest BCUT2D eigenvalue weighted by Gasteiger charge is -2.22. The molecule has 0 saturated heterocycles. The van der Waals surface area contributed by atoms with Crippen LogP contribution in [0.1, 0.15) is 11.1 Å². The van der Waals surface area contributed by atoms with E-state index in [1.807, 2.05) is 0 Å². The van der Waals surface area contributed by atoms with Gasteiger partial charge in [0, 0.05) is 25.2 Å². The SMILES string of the molecule is CN1C(=O)C2(C(=O)N(C)c3c(Cl)ccc(O)c32)c2c(O)ccc(Cl)c21. The fourth-order valence-electron chi connectivity index (χ4n) is 3.86. The van der Waals surface area contributed by atoms with Crippen LogP contribution in [0.15, 0.2) is 24.3 Å². The van der Waals surface area contributed by atoms with Gasteiger partial charge in [0.05, 0.1) is 21.4 Å². The highest BCUT2D eigenvalue weighted by Gasteiger charge is 2.65. The van der Waals surface area contributed by atoms with Crippen LogP contribution in [-0.4, -0.2) is 36.1 Å². The maximum Gasteiger partial charge on any atom is 0.252 e. The van der Waals surface area contributed by atoms with Crippen molar-refractivity contribution < 1.29 is 19.8 Å². The van der Waals surface area contributed by atoms with Crippen LogP contribution in [0, 0.1) is 0 Å². The Bertz CT molecular complexity index is 910. The summed E-state index contributed by atoms with van der Waals surface area (Å²) >= 11 is 12.5. The molecule has 0 aromatic heterocycles. The van der Waals surface area contributed by atoms with Crippen molar-refractivity contribution in [2.45, 2.75) is 5.41 Å². The smallest absolute Gasteiger partial charge is 0.252 e. The normalized spacial score (nSPS) is 17.4. The van der Waals surface area contributed by atoms with Gasteiger partial charge < -0.3 is 20.0 Å². The van der Waals surface area contributed by atoms with E-state index in [1.165, 1.54) is 48.2 Å². The Kier molecular flexibility index (Phi) is 3.08. The van der Waals surface area contributed by atoms with Gasteiger partial charge in [-0.05, 0) is 24.3 Å². The van der Waals surface area contributed by atoms with Crippen LogP contribution in [0.3, 0.4) is 0 Å². The Balaban J connectivity index is 2.23. The summed E-state index contributed by atoms with van der Waals surface area (Å²) in [6.45, 7) is 0. The fraction of sp³-hybridized carbons (Fsp3) is 0.176. The molecule has 0 bridgehead atoms. The van der Waals surface area contributed by atoms with Crippen molar-refractivity contribution in [2.24, 2.45) is 0 Å². The van der Waals surface area contributed by atoms with E-state index in [-0.39, 0.29) is 44.0 Å². The molecule has 0 atom stereocenters. The summed E-state index contributed by atoms with van der Waals surface area (Å²) in [6, 6.07) is 5.53. The molecule has 2 aromatic rings. The van der Waals surface area contributed by atoms with Gasteiger partial charge in [0.15, 0.2) is 5.41 Å². The highest BCUT2D eigenvalue weighted by molar-refractivity contribution is 6.41. The Morgan fingerprint density at radius 2 is 1.16 bits per heavy atom. The van der Waals surface area contributed by atoms with E-state index in [0.29, 0.717) is 0 Å². The molecule has 0 saturated carbocycles. The second-order valence-electron chi connectivity index (χ2n) is 6.06. The predicted molar refractivity (Wildman–Crippen MR) is 93.8 cm³/mol. The number of rotatable bonds is 0. The van der Waals surface area contributed by atoms with Crippen molar-refractivity contribution in [3.63, 3.8) is 0 Å². The van der Waals surface area contributed by atoms with E-state index in [4.69, 9.17) is 23.2 Å². The summed E-state index contributed by atoms with van der Waals surface area (Å²) in [5.74, 6) is -1.74. The molecule has 2 heterocycles. The summed E-state index contributed by atoms with van der Waals surface area (Å²) in [7, 11) is 2.93. The molecule has 0 fully saturated rings. The van der Waals surface area contributed by atoms with E-state index in [2.05, 4.69) is 0 Å². The monoisotopic (exact) mass is 378 g/mol. The van der Waals surface area contributed by atoms with Crippen LogP contribution >= 0.6 is 23.2 Å². The van der Waals surface area contributed by atoms with E-state index in [1.54, 1.807) is 0 Å². The molecule has 2 aliphatic heterocycles. The zero-order valence-corrected chi connectivity index (χ0v) is 14.7. The number of fused-ring (bicyclic) bond motifs is 4. The lowest BCUT2D eigenvalue weighted by Crippen LogP contribution is -2.47. The lowest BCUT2D eigenvalue weighted by atomic mass is 9.75. The molecule has 4 rings (SSSR count). The second-order valence-corrected chi connectivity index (χ2v) is 6.87. The van der Waals surface area contributed by atoms with Crippen LogP contribution in [-0.2, 0) is 15.0 Å². The van der Waals surface area contributed by atoms with E-state index in [9.17, 15) is 19.8 Å². The molecule has 2 N–H and O–H groups in total. The molecular weight excluding hydrogens is 367 g/mol. The number of likely N-dealkylation sites (N-methyl/N-ethyl adjacent to an activating group) is 2. The first-order chi connectivity index (χ1) is 11.7. The highest BCUT2D eigenvalue weighted by atomic mass is 35.5. The van der Waals surface area contributed by atoms with E-state index >= 15 is 0 Å². The van der Waals surface area contributed by atoms with E-state index in [0.717, 1.165) is 0 Å². The number of amides is 2. The maximum absolute atomic E-state index is 13.2. The van der Waals surface area contributed by atoms with Gasteiger partial charge >= 0.3 is 0 Å². The number of phenols is 2. The van der Waals surface area contributed by atoms with Crippen LogP contribution in [0.2, 0.25) is 10.0 Å². The summed E-state index contributed by atoms with van der Waals surface area (Å²) in [6.07, 6.45) is 0. The summed E-state index contributed by atoms with van der Waals surface area (Å²) in [5, 5.41) is 21.4. The number of carbonyl (C=O) groups excluding carboxylic acids is 2. The number of carbonyl (C=O) groups is 2. The topological polar surface area (TPSA) is 81.1 Å². The van der Waals surface area contributed by atoms with Crippen molar-refractivity contribution in [1.29, 1.82) is 0 Å². The minimum Gasteiger partial charge on any atom is -0.508 e. The molecule has 2 amide bonds. The number of nitrogens with zero attached hydrogens (tertiary/aromatic N) is 2. The molecule has 2 aromatic carbocycles. The standard InChI is InChI=1S/C17H12Cl2N2O4/c1-20-13-7(18)3-5-9(22)11(13)17(15(20)24)12-10(23)6-4-8(19)14(12)21(2)16(17)25/h3-6,22-23H,1-2H3. The first-order valence-electron chi connectivity index (χ1n) is 7.34. The second kappa shape index (κ2) is 4.80. The van der Waals surface area contributed by atoms with Gasteiger partial charge in [-0.2, -0.15) is 0 Å². The van der Waals surface area contributed by atoms with Gasteiger partial charge in [-0.25, -0.2) is 0 Å². The zero-order chi connectivity index (χ0) is 18.3. The van der Waals surface area contributed by atoms with Gasteiger partial charge in [-0.1, -0.05) is 23.2 Å². The van der Waals surface area contributed by atoms with Gasteiger partial charge in [-0.15, -0.1) is 0 Å². The fourth-order valence-corrected chi connectivity index (χ4v) is 4.42. The minimum atomic E-state index is -1.92. The van der Waals surface area contributed by atoms with Crippen molar-refractivity contribution >= 4 is 46.4 Å². The van der Waals surface area contributed by atoms with Gasteiger partial charge in [0.25, 0.3) is 11.8 Å². The molecule has 0 radical (unpaired) electrons. The van der Waals surface area contributed by atoms with Crippen LogP contribution in [0.4, 0.5) is 11.4 Å². The van der Waals surface area contributed by atoms with Gasteiger partial charge in [-0.3, -0.25) is 9.59 Å². The molecule has 2 aliphatic rings. The molecule has 1 spiro atoms. The average Bonchev–Trinajstić information content (AvgIpc) is 2.95. The highest BCUT2D eigenvalue weighted by Crippen LogP contribution is 2.60. The molecule has 128 valence electrons. The lowest BCUT2D eigenvalue weighted by molar-refractivity contribution is -0.131. The molecule has 6 nitrogen and oxygen atoms in total. The van der Waals surface area contributed by atoms with Crippen LogP contribution < -0.4 is 9.80 Å². The Labute approximate surface area is 152 Å². The summed E-state index contributed by atoms with van der Waals surface area (Å²) < 4.78 is 0. The van der Waals surface area contributed by atoms with Crippen LogP contribution in [0.5, 0.6) is 11.5 Å². The number of hydrogen-bond donors (Lipinski definition) is 2. The third-order valence-corrected chi connectivity index (χ3v) is 5.50. The van der Waals surface area contributed by atoms with Crippen LogP contribution in [0.25, 0.3) is 0 Å². The molecule has 0 aliphatic carbocycles. The maximum atomic E-state index is 13.2. The summed E-state index contributed by atoms with van der Waals surface area (Å²) in [5.41, 5.74) is -1.33. The van der Waals surface area contributed by atoms with Crippen molar-refractivity contribution in [2.75, 3.05) is 23.9 Å². The van der Waals surface area contributed by atoms with Crippen molar-refractivity contribution in [3.8, 4) is 11.5 Å². The Hall–Kier alpha value is -2.44. The summed E-state index contributed by atoms with van der Waals surface area (Å²) in [4.78, 5) is 28.9. The Morgan fingerprint density at radius 1 is 0.800 bits per heavy atom. The zero-order valence-electron chi connectivity index (χ0n) is 13.2. The largest absolute Gasteiger partial charge is 0.508 e. The number of phenolic OH excluding ortho intramolecular Hbond substituents is 2. The van der Waals surface area contributed by atoms with Gasteiger partial charge in [0.1, 0.15) is 11.5 Å². The number of aromatic hydroxyl groups is 2. The predicted octanol–water partition coefficient (Wildman–Crippen LogP) is 2.64. The van der Waals surface area contributed by atoms with Crippen molar-refractivity contribution in [1.82, 2.24) is 0 Å². The third-order valence-electron chi connectivity index (χ3n) is 4.89. The molecule has 25 heavy (non-hydrogen) atoms. The van der Waals surface area contributed by atoms with Crippen molar-refractivity contribution in [3.05, 3.63) is 45.4 Å².